The molecule has 3 aromatic heterocycles. The largest absolute Gasteiger partial charge is 0.456 e. The van der Waals surface area contributed by atoms with E-state index in [0.717, 1.165) is 10.9 Å². The average Bonchev–Trinajstić information content (AvgIpc) is 4.19. The lowest BCUT2D eigenvalue weighted by Gasteiger charge is -2.34. The van der Waals surface area contributed by atoms with Gasteiger partial charge < -0.3 is 49.0 Å². The van der Waals surface area contributed by atoms with E-state index in [2.05, 4.69) is 30.6 Å². The molecule has 0 bridgehead atoms. The number of likely N-dealkylation sites (tertiary alicyclic amines) is 2. The van der Waals surface area contributed by atoms with Gasteiger partial charge in [0, 0.05) is 50.4 Å². The summed E-state index contributed by atoms with van der Waals surface area (Å²) >= 11 is 0. The maximum Gasteiger partial charge on any atom is 0.407 e. The molecule has 0 aliphatic carbocycles. The molecule has 4 N–H and O–H groups in total. The fourth-order valence-corrected chi connectivity index (χ4v) is 10.4. The number of halogens is 2. The summed E-state index contributed by atoms with van der Waals surface area (Å²) in [6.07, 6.45) is 2.88. The molecular formula is C48H50F2N8O9. The summed E-state index contributed by atoms with van der Waals surface area (Å²) in [5.41, 5.74) is 3.14. The van der Waals surface area contributed by atoms with Crippen molar-refractivity contribution in [2.75, 3.05) is 46.6 Å². The van der Waals surface area contributed by atoms with Gasteiger partial charge in [0.15, 0.2) is 0 Å². The van der Waals surface area contributed by atoms with Crippen LogP contribution in [-0.4, -0.2) is 125 Å². The monoisotopic (exact) mass is 920 g/mol. The van der Waals surface area contributed by atoms with E-state index in [1.807, 2.05) is 24.3 Å². The number of methoxy groups -OCH3 is 1. The highest BCUT2D eigenvalue weighted by molar-refractivity contribution is 6.09. The summed E-state index contributed by atoms with van der Waals surface area (Å²) in [5, 5.41) is 7.57. The number of ether oxygens (including phenoxy) is 3. The summed E-state index contributed by atoms with van der Waals surface area (Å²) in [4.78, 5) is 84.6. The molecule has 4 aliphatic heterocycles. The zero-order valence-electron chi connectivity index (χ0n) is 36.7. The summed E-state index contributed by atoms with van der Waals surface area (Å²) < 4.78 is 52.2. The Balaban J connectivity index is 0.889. The molecule has 350 valence electrons. The number of nitrogens with zero attached hydrogens (tertiary/aromatic N) is 4. The van der Waals surface area contributed by atoms with E-state index in [1.165, 1.54) is 16.9 Å². The molecule has 4 amide bonds. The van der Waals surface area contributed by atoms with Crippen molar-refractivity contribution < 1.29 is 46.6 Å². The first kappa shape index (κ1) is 44.1. The van der Waals surface area contributed by atoms with Gasteiger partial charge in [0.2, 0.25) is 23.7 Å². The van der Waals surface area contributed by atoms with E-state index in [9.17, 15) is 28.4 Å². The molecule has 7 heterocycles. The number of H-pyrrole nitrogens is 2. The Morgan fingerprint density at radius 1 is 0.761 bits per heavy atom. The van der Waals surface area contributed by atoms with E-state index < -0.39 is 48.5 Å². The standard InChI is InChI=1S/C48H50F2N8O9/c1-64-48(63)56-42(26-10-14-66-15-11-26)47(62)58-23-31(50)19-37(58)45-51-20-34(54-45)28-2-5-32-27(16-28)4-7-38-40(32)43(60)33-6-3-29(17-39(33)67-38)35-21-52-44(55-35)36-18-30(49)22-57(36)46(61)41(53-24-59)25-8-12-65-13-9-25/h2-7,16-17,20-21,24-26,30-31,36-37,41-42H,8-15,18-19,22-23H2,1H3,(H,51,54)(H,52,55)(H,53,59)(H,56,63)/t30-,31-,36+,37+,41+,42+/m1/s1. The van der Waals surface area contributed by atoms with Crippen molar-refractivity contribution in [2.24, 2.45) is 11.8 Å². The number of alkyl carbamates (subject to hydrolysis) is 1. The Hall–Kier alpha value is -6.73. The van der Waals surface area contributed by atoms with Crippen molar-refractivity contribution in [2.45, 2.75) is 75.0 Å². The lowest BCUT2D eigenvalue weighted by molar-refractivity contribution is -0.138. The molecule has 4 aliphatic rings. The molecular weight excluding hydrogens is 871 g/mol. The molecule has 10 rings (SSSR count). The van der Waals surface area contributed by atoms with Gasteiger partial charge >= 0.3 is 6.09 Å². The SMILES string of the molecule is COC(=O)N[C@H](C(=O)N1C[C@H](F)C[C@H]1c1ncc(-c2ccc3c(ccc4oc5cc(-c6cnc([C@@H]7C[C@@H](F)CN7C(=O)[C@@H](NC=O)C7CCOCC7)[nH]6)ccc5c(=O)c43)c2)[nH]1)C1CCOCC1. The summed E-state index contributed by atoms with van der Waals surface area (Å²) in [6.45, 7) is 1.61. The first-order valence-corrected chi connectivity index (χ1v) is 22.7. The molecule has 67 heavy (non-hydrogen) atoms. The quantitative estimate of drug-likeness (QED) is 0.0693. The Morgan fingerprint density at radius 3 is 1.90 bits per heavy atom. The van der Waals surface area contributed by atoms with Crippen LogP contribution in [0.15, 0.2) is 70.1 Å². The van der Waals surface area contributed by atoms with Crippen LogP contribution >= 0.6 is 0 Å². The molecule has 3 aromatic carbocycles. The van der Waals surface area contributed by atoms with E-state index in [0.29, 0.717) is 114 Å². The third-order valence-corrected chi connectivity index (χ3v) is 13.9. The number of hydrogen-bond donors (Lipinski definition) is 4. The number of nitrogens with one attached hydrogen (secondary N) is 4. The third-order valence-electron chi connectivity index (χ3n) is 13.9. The van der Waals surface area contributed by atoms with Gasteiger partial charge in [-0.05, 0) is 72.6 Å². The van der Waals surface area contributed by atoms with Crippen LogP contribution in [0.4, 0.5) is 13.6 Å². The van der Waals surface area contributed by atoms with Crippen LogP contribution < -0.4 is 16.1 Å². The smallest absolute Gasteiger partial charge is 0.407 e. The number of carbonyl (C=O) groups is 4. The van der Waals surface area contributed by atoms with Gasteiger partial charge in [-0.2, -0.15) is 0 Å². The second-order valence-electron chi connectivity index (χ2n) is 17.8. The molecule has 4 fully saturated rings. The van der Waals surface area contributed by atoms with E-state index in [-0.39, 0.29) is 49.1 Å². The van der Waals surface area contributed by atoms with Gasteiger partial charge in [0.25, 0.3) is 0 Å². The number of amides is 4. The van der Waals surface area contributed by atoms with Crippen molar-refractivity contribution >= 4 is 57.0 Å². The highest BCUT2D eigenvalue weighted by atomic mass is 19.1. The van der Waals surface area contributed by atoms with Crippen LogP contribution in [-0.2, 0) is 28.6 Å². The van der Waals surface area contributed by atoms with Crippen LogP contribution in [0.2, 0.25) is 0 Å². The van der Waals surface area contributed by atoms with Crippen molar-refractivity contribution in [1.82, 2.24) is 40.4 Å². The molecule has 4 saturated heterocycles. The minimum atomic E-state index is -1.29. The topological polar surface area (TPSA) is 214 Å². The normalized spacial score (nSPS) is 22.6. The predicted octanol–water partition coefficient (Wildman–Crippen LogP) is 5.80. The fraction of sp³-hybridized carbons (Fsp3) is 0.438. The summed E-state index contributed by atoms with van der Waals surface area (Å²) in [5.74, 6) is -0.265. The fourth-order valence-electron chi connectivity index (χ4n) is 10.4. The average molecular weight is 921 g/mol. The Kier molecular flexibility index (Phi) is 12.2. The van der Waals surface area contributed by atoms with Gasteiger partial charge in [-0.1, -0.05) is 24.3 Å². The number of aromatic nitrogens is 4. The van der Waals surface area contributed by atoms with Gasteiger partial charge in [-0.25, -0.2) is 23.5 Å². The Labute approximate surface area is 381 Å². The Morgan fingerprint density at radius 2 is 1.31 bits per heavy atom. The molecule has 0 spiro atoms. The maximum atomic E-state index is 15.1. The highest BCUT2D eigenvalue weighted by Gasteiger charge is 2.44. The molecule has 6 aromatic rings. The number of aromatic amines is 2. The van der Waals surface area contributed by atoms with Gasteiger partial charge in [0.05, 0.1) is 66.8 Å². The first-order chi connectivity index (χ1) is 32.6. The second-order valence-corrected chi connectivity index (χ2v) is 17.8. The second kappa shape index (κ2) is 18.5. The molecule has 0 unspecified atom stereocenters. The Bertz CT molecular complexity index is 2910. The molecule has 19 heteroatoms. The zero-order valence-corrected chi connectivity index (χ0v) is 36.7. The van der Waals surface area contributed by atoms with E-state index in [4.69, 9.17) is 18.6 Å². The number of carbonyl (C=O) groups excluding carboxylic acids is 4. The number of benzene rings is 3. The minimum absolute atomic E-state index is 0.0392. The first-order valence-electron chi connectivity index (χ1n) is 22.7. The van der Waals surface area contributed by atoms with Gasteiger partial charge in [-0.3, -0.25) is 19.2 Å². The number of imidazole rings is 2. The maximum absolute atomic E-state index is 15.1. The van der Waals surface area contributed by atoms with Crippen molar-refractivity contribution in [3.05, 3.63) is 82.8 Å². The number of fused-ring (bicyclic) bond motifs is 4. The van der Waals surface area contributed by atoms with Crippen LogP contribution in [0, 0.1) is 11.8 Å². The summed E-state index contributed by atoms with van der Waals surface area (Å²) in [6, 6.07) is 11.4. The minimum Gasteiger partial charge on any atom is -0.456 e. The third kappa shape index (κ3) is 8.50. The van der Waals surface area contributed by atoms with Crippen LogP contribution in [0.1, 0.15) is 62.3 Å². The lowest BCUT2D eigenvalue weighted by Crippen LogP contribution is -2.53. The van der Waals surface area contributed by atoms with Crippen molar-refractivity contribution in [3.63, 3.8) is 0 Å². The van der Waals surface area contributed by atoms with Crippen LogP contribution in [0.25, 0.3) is 55.2 Å². The number of rotatable bonds is 11. The van der Waals surface area contributed by atoms with Crippen LogP contribution in [0.3, 0.4) is 0 Å². The molecule has 0 saturated carbocycles. The number of hydrogen-bond acceptors (Lipinski definition) is 11. The van der Waals surface area contributed by atoms with E-state index >= 15 is 4.39 Å². The molecule has 6 atom stereocenters. The van der Waals surface area contributed by atoms with Crippen molar-refractivity contribution in [3.8, 4) is 22.5 Å². The highest BCUT2D eigenvalue weighted by Crippen LogP contribution is 2.38. The molecule has 17 nitrogen and oxygen atoms in total. The summed E-state index contributed by atoms with van der Waals surface area (Å²) in [7, 11) is 1.23. The number of alkyl halides is 2. The van der Waals surface area contributed by atoms with Gasteiger partial charge in [0.1, 0.15) is 47.2 Å². The lowest BCUT2D eigenvalue weighted by atomic mass is 9.90. The molecule has 0 radical (unpaired) electrons. The van der Waals surface area contributed by atoms with Crippen LogP contribution in [0.5, 0.6) is 0 Å². The van der Waals surface area contributed by atoms with Gasteiger partial charge in [-0.15, -0.1) is 0 Å². The van der Waals surface area contributed by atoms with Crippen molar-refractivity contribution in [1.29, 1.82) is 0 Å². The predicted molar refractivity (Wildman–Crippen MR) is 240 cm³/mol. The van der Waals surface area contributed by atoms with E-state index in [1.54, 1.807) is 36.7 Å². The zero-order chi connectivity index (χ0) is 46.3.